The van der Waals surface area contributed by atoms with Gasteiger partial charge in [-0.25, -0.2) is 0 Å². The Morgan fingerprint density at radius 1 is 0.955 bits per heavy atom. The van der Waals surface area contributed by atoms with E-state index in [-0.39, 0.29) is 0 Å². The molecule has 0 fully saturated rings. The molecule has 0 aromatic heterocycles. The van der Waals surface area contributed by atoms with Crippen LogP contribution in [0.4, 0.5) is 0 Å². The number of quaternary nitrogens is 1. The molecule has 0 spiro atoms. The lowest BCUT2D eigenvalue weighted by atomic mass is 10.1. The van der Waals surface area contributed by atoms with Gasteiger partial charge in [0.25, 0.3) is 0 Å². The van der Waals surface area contributed by atoms with Crippen molar-refractivity contribution in [3.63, 3.8) is 0 Å². The van der Waals surface area contributed by atoms with Crippen LogP contribution in [0.1, 0.15) is 11.1 Å². The molecule has 0 unspecified atom stereocenters. The van der Waals surface area contributed by atoms with Crippen LogP contribution in [0.5, 0.6) is 11.5 Å². The Morgan fingerprint density at radius 3 is 2.41 bits per heavy atom. The summed E-state index contributed by atoms with van der Waals surface area (Å²) in [4.78, 5) is 0. The lowest BCUT2D eigenvalue weighted by Crippen LogP contribution is -2.83. The first-order valence-electron chi connectivity index (χ1n) is 7.10. The molecule has 0 bridgehead atoms. The van der Waals surface area contributed by atoms with Gasteiger partial charge in [0.15, 0.2) is 0 Å². The average molecular weight is 341 g/mol. The summed E-state index contributed by atoms with van der Waals surface area (Å²) in [6.07, 6.45) is 0.897. The maximum absolute atomic E-state index is 6.17. The molecule has 3 nitrogen and oxygen atoms in total. The second-order valence-electron chi connectivity index (χ2n) is 4.94. The van der Waals surface area contributed by atoms with Gasteiger partial charge < -0.3 is 14.8 Å². The average Bonchev–Trinajstić information content (AvgIpc) is 2.53. The summed E-state index contributed by atoms with van der Waals surface area (Å²) in [6.45, 7) is 1.79. The van der Waals surface area contributed by atoms with Crippen molar-refractivity contribution >= 4 is 23.2 Å². The first kappa shape index (κ1) is 16.9. The van der Waals surface area contributed by atoms with Crippen LogP contribution >= 0.6 is 23.2 Å². The standard InChI is InChI=1S/C17H19Cl2NO2/c1-21-15-6-4-13(17(10-15)22-2)11-20-8-7-12-3-5-14(18)9-16(12)19/h3-6,9-10,20H,7-8,11H2,1-2H3/p+1. The highest BCUT2D eigenvalue weighted by Crippen LogP contribution is 2.24. The van der Waals surface area contributed by atoms with E-state index in [0.717, 1.165) is 47.2 Å². The quantitative estimate of drug-likeness (QED) is 0.784. The van der Waals surface area contributed by atoms with Crippen molar-refractivity contribution in [1.29, 1.82) is 0 Å². The molecular weight excluding hydrogens is 321 g/mol. The van der Waals surface area contributed by atoms with Gasteiger partial charge in [-0.3, -0.25) is 0 Å². The van der Waals surface area contributed by atoms with Gasteiger partial charge in [-0.1, -0.05) is 29.3 Å². The Balaban J connectivity index is 1.88. The fourth-order valence-electron chi connectivity index (χ4n) is 2.26. The van der Waals surface area contributed by atoms with Crippen LogP contribution in [0.3, 0.4) is 0 Å². The van der Waals surface area contributed by atoms with E-state index in [1.807, 2.05) is 30.3 Å². The number of ether oxygens (including phenoxy) is 2. The Kier molecular flexibility index (Phi) is 6.37. The highest BCUT2D eigenvalue weighted by Gasteiger charge is 2.07. The van der Waals surface area contributed by atoms with E-state index in [1.165, 1.54) is 0 Å². The Hall–Kier alpha value is -1.42. The molecular formula is C17H20Cl2NO2+. The van der Waals surface area contributed by atoms with Gasteiger partial charge in [0, 0.05) is 28.1 Å². The normalized spacial score (nSPS) is 10.5. The lowest BCUT2D eigenvalue weighted by molar-refractivity contribution is -0.670. The summed E-state index contributed by atoms with van der Waals surface area (Å²) in [5.74, 6) is 1.65. The minimum atomic E-state index is 0.667. The van der Waals surface area contributed by atoms with Crippen LogP contribution < -0.4 is 14.8 Å². The number of hydrogen-bond donors (Lipinski definition) is 1. The molecule has 0 saturated carbocycles. The summed E-state index contributed by atoms with van der Waals surface area (Å²) in [6, 6.07) is 11.5. The minimum absolute atomic E-state index is 0.667. The van der Waals surface area contributed by atoms with Crippen LogP contribution in [0, 0.1) is 0 Å². The molecule has 0 atom stereocenters. The third-order valence-electron chi connectivity index (χ3n) is 3.49. The maximum Gasteiger partial charge on any atom is 0.131 e. The zero-order chi connectivity index (χ0) is 15.9. The fourth-order valence-corrected chi connectivity index (χ4v) is 2.76. The predicted molar refractivity (Wildman–Crippen MR) is 90.2 cm³/mol. The molecule has 0 aliphatic heterocycles. The fraction of sp³-hybridized carbons (Fsp3) is 0.294. The van der Waals surface area contributed by atoms with E-state index < -0.39 is 0 Å². The van der Waals surface area contributed by atoms with Crippen LogP contribution in [0.25, 0.3) is 0 Å². The highest BCUT2D eigenvalue weighted by atomic mass is 35.5. The third kappa shape index (κ3) is 4.54. The van der Waals surface area contributed by atoms with Gasteiger partial charge in [0.2, 0.25) is 0 Å². The zero-order valence-electron chi connectivity index (χ0n) is 12.7. The van der Waals surface area contributed by atoms with Crippen molar-refractivity contribution in [1.82, 2.24) is 0 Å². The first-order chi connectivity index (χ1) is 10.6. The molecule has 22 heavy (non-hydrogen) atoms. The molecule has 2 aromatic carbocycles. The number of halogens is 2. The lowest BCUT2D eigenvalue weighted by Gasteiger charge is -2.10. The van der Waals surface area contributed by atoms with Gasteiger partial charge >= 0.3 is 0 Å². The number of benzene rings is 2. The number of nitrogens with two attached hydrogens (primary N) is 1. The topological polar surface area (TPSA) is 35.1 Å². The smallest absolute Gasteiger partial charge is 0.131 e. The van der Waals surface area contributed by atoms with E-state index in [0.29, 0.717) is 5.02 Å². The summed E-state index contributed by atoms with van der Waals surface area (Å²) >= 11 is 12.1. The SMILES string of the molecule is COc1ccc(C[NH2+]CCc2ccc(Cl)cc2Cl)c(OC)c1. The molecule has 118 valence electrons. The largest absolute Gasteiger partial charge is 0.497 e. The molecule has 2 N–H and O–H groups in total. The van der Waals surface area contributed by atoms with Gasteiger partial charge in [-0.15, -0.1) is 0 Å². The Labute approximate surface area is 141 Å². The summed E-state index contributed by atoms with van der Waals surface area (Å²) < 4.78 is 10.6. The summed E-state index contributed by atoms with van der Waals surface area (Å²) in [5.41, 5.74) is 2.26. The Morgan fingerprint density at radius 2 is 1.73 bits per heavy atom. The number of hydrogen-bond acceptors (Lipinski definition) is 2. The van der Waals surface area contributed by atoms with Crippen LogP contribution in [-0.4, -0.2) is 20.8 Å². The molecule has 0 aliphatic carbocycles. The monoisotopic (exact) mass is 340 g/mol. The van der Waals surface area contributed by atoms with Crippen molar-refractivity contribution in [2.75, 3.05) is 20.8 Å². The van der Waals surface area contributed by atoms with Crippen molar-refractivity contribution in [2.45, 2.75) is 13.0 Å². The molecule has 0 radical (unpaired) electrons. The third-order valence-corrected chi connectivity index (χ3v) is 4.08. The molecule has 0 amide bonds. The molecule has 0 saturated heterocycles. The number of methoxy groups -OCH3 is 2. The van der Waals surface area contributed by atoms with Crippen molar-refractivity contribution in [3.8, 4) is 11.5 Å². The van der Waals surface area contributed by atoms with Crippen LogP contribution in [0.2, 0.25) is 10.0 Å². The van der Waals surface area contributed by atoms with Gasteiger partial charge in [-0.2, -0.15) is 0 Å². The predicted octanol–water partition coefficient (Wildman–Crippen LogP) is 3.32. The summed E-state index contributed by atoms with van der Waals surface area (Å²) in [5, 5.41) is 3.62. The molecule has 2 rings (SSSR count). The van der Waals surface area contributed by atoms with E-state index in [1.54, 1.807) is 20.3 Å². The van der Waals surface area contributed by atoms with E-state index >= 15 is 0 Å². The van der Waals surface area contributed by atoms with Gasteiger partial charge in [0.05, 0.1) is 20.8 Å². The Bertz CT molecular complexity index is 632. The van der Waals surface area contributed by atoms with Gasteiger partial charge in [-0.05, 0) is 29.8 Å². The van der Waals surface area contributed by atoms with Crippen LogP contribution in [-0.2, 0) is 13.0 Å². The zero-order valence-corrected chi connectivity index (χ0v) is 14.2. The molecule has 2 aromatic rings. The van der Waals surface area contributed by atoms with Gasteiger partial charge in [0.1, 0.15) is 18.0 Å². The molecule has 0 heterocycles. The van der Waals surface area contributed by atoms with Crippen molar-refractivity contribution < 1.29 is 14.8 Å². The second-order valence-corrected chi connectivity index (χ2v) is 5.79. The summed E-state index contributed by atoms with van der Waals surface area (Å²) in [7, 11) is 3.32. The second kappa shape index (κ2) is 8.28. The van der Waals surface area contributed by atoms with Crippen molar-refractivity contribution in [2.24, 2.45) is 0 Å². The van der Waals surface area contributed by atoms with Crippen LogP contribution in [0.15, 0.2) is 36.4 Å². The van der Waals surface area contributed by atoms with E-state index in [2.05, 4.69) is 5.32 Å². The van der Waals surface area contributed by atoms with Crippen molar-refractivity contribution in [3.05, 3.63) is 57.6 Å². The molecule has 5 heteroatoms. The molecule has 0 aliphatic rings. The maximum atomic E-state index is 6.17. The minimum Gasteiger partial charge on any atom is -0.497 e. The first-order valence-corrected chi connectivity index (χ1v) is 7.86. The van der Waals surface area contributed by atoms with E-state index in [4.69, 9.17) is 32.7 Å². The van der Waals surface area contributed by atoms with E-state index in [9.17, 15) is 0 Å². The highest BCUT2D eigenvalue weighted by molar-refractivity contribution is 6.35. The number of rotatable bonds is 7.